The standard InChI is InChI=1S/C53H37N3O/c1-2-12-35(13-3-1)37-23-28-52-46(32-37)47-34-39(24-29-53(47)57-52)56-50-26-21-36(40-14-4-6-16-42(40)48-18-8-10-30-54-48)20-25-44(50)45-33-38(22-27-51(45)56)41-15-5-7-17-43(41)49-19-9-11-31-55-49/h1-12,14-19,21-35,47,53H,13H2. The monoisotopic (exact) mass is 731 g/mol. The maximum Gasteiger partial charge on any atom is 0.128 e. The quantitative estimate of drug-likeness (QED) is 0.160. The van der Waals surface area contributed by atoms with Gasteiger partial charge in [-0.3, -0.25) is 9.97 Å². The van der Waals surface area contributed by atoms with Crippen molar-refractivity contribution in [1.29, 1.82) is 0 Å². The second kappa shape index (κ2) is 13.8. The minimum atomic E-state index is -0.0391. The summed E-state index contributed by atoms with van der Waals surface area (Å²) in [6, 6.07) is 42.8. The van der Waals surface area contributed by atoms with Crippen molar-refractivity contribution in [1.82, 2.24) is 14.5 Å². The highest BCUT2D eigenvalue weighted by Crippen LogP contribution is 2.46. The maximum absolute atomic E-state index is 6.55. The lowest BCUT2D eigenvalue weighted by Crippen LogP contribution is -2.18. The number of ether oxygens (including phenoxy) is 1. The molecule has 0 saturated heterocycles. The molecule has 57 heavy (non-hydrogen) atoms. The predicted molar refractivity (Wildman–Crippen MR) is 233 cm³/mol. The van der Waals surface area contributed by atoms with Crippen LogP contribution in [0.1, 0.15) is 46.2 Å². The van der Waals surface area contributed by atoms with Gasteiger partial charge in [0.1, 0.15) is 11.9 Å². The first-order chi connectivity index (χ1) is 28.3. The van der Waals surface area contributed by atoms with Gasteiger partial charge in [0.05, 0.1) is 22.6 Å². The average molecular weight is 732 g/mol. The van der Waals surface area contributed by atoms with E-state index in [0.717, 1.165) is 84.8 Å². The second-order valence-corrected chi connectivity index (χ2v) is 14.9. The van der Waals surface area contributed by atoms with Gasteiger partial charge in [0, 0.05) is 63.1 Å². The Morgan fingerprint density at radius 2 is 1.42 bits per heavy atom. The molecule has 0 fully saturated rings. The second-order valence-electron chi connectivity index (χ2n) is 14.9. The highest BCUT2D eigenvalue weighted by Gasteiger charge is 2.35. The van der Waals surface area contributed by atoms with E-state index < -0.39 is 0 Å². The first-order valence-electron chi connectivity index (χ1n) is 19.7. The summed E-state index contributed by atoms with van der Waals surface area (Å²) in [5, 5.41) is 1.16. The molecule has 3 atom stereocenters. The lowest BCUT2D eigenvalue weighted by molar-refractivity contribution is 0.269. The molecule has 0 saturated carbocycles. The molecule has 3 aliphatic carbocycles. The Kier molecular flexibility index (Phi) is 8.01. The Morgan fingerprint density at radius 1 is 0.667 bits per heavy atom. The summed E-state index contributed by atoms with van der Waals surface area (Å²) in [5.41, 5.74) is 19.3. The number of aromatic nitrogens is 3. The van der Waals surface area contributed by atoms with E-state index in [0.29, 0.717) is 5.92 Å². The third-order valence-corrected chi connectivity index (χ3v) is 11.6. The first kappa shape index (κ1) is 33.1. The van der Waals surface area contributed by atoms with E-state index in [1.807, 2.05) is 36.7 Å². The molecule has 0 amide bonds. The number of allylic oxidation sites excluding steroid dienone is 8. The van der Waals surface area contributed by atoms with Crippen molar-refractivity contribution in [3.05, 3.63) is 216 Å². The topological polar surface area (TPSA) is 39.9 Å². The Hall–Kier alpha value is -7.26. The van der Waals surface area contributed by atoms with E-state index in [9.17, 15) is 0 Å². The van der Waals surface area contributed by atoms with Gasteiger partial charge in [0.15, 0.2) is 0 Å². The summed E-state index contributed by atoms with van der Waals surface area (Å²) in [5.74, 6) is 1.45. The summed E-state index contributed by atoms with van der Waals surface area (Å²) in [4.78, 5) is 9.42. The lowest BCUT2D eigenvalue weighted by Gasteiger charge is -2.21. The number of rotatable bonds is 6. The van der Waals surface area contributed by atoms with E-state index >= 15 is 0 Å². The van der Waals surface area contributed by atoms with E-state index in [1.165, 1.54) is 11.1 Å². The Bertz CT molecular complexity index is 2950. The van der Waals surface area contributed by atoms with Crippen LogP contribution in [-0.4, -0.2) is 20.6 Å². The molecule has 270 valence electrons. The molecule has 11 rings (SSSR count). The summed E-state index contributed by atoms with van der Waals surface area (Å²) in [7, 11) is 0. The van der Waals surface area contributed by atoms with E-state index in [2.05, 4.69) is 168 Å². The number of pyridine rings is 2. The zero-order valence-electron chi connectivity index (χ0n) is 31.2. The average Bonchev–Trinajstić information content (AvgIpc) is 3.71. The molecule has 4 aliphatic rings. The smallest absolute Gasteiger partial charge is 0.128 e. The van der Waals surface area contributed by atoms with Gasteiger partial charge in [-0.05, 0) is 108 Å². The van der Waals surface area contributed by atoms with Crippen molar-refractivity contribution < 1.29 is 4.74 Å². The molecule has 4 nitrogen and oxygen atoms in total. The molecular formula is C53H37N3O. The fraction of sp³-hybridized carbons (Fsp3) is 0.0755. The van der Waals surface area contributed by atoms with Crippen LogP contribution in [0.2, 0.25) is 0 Å². The molecule has 0 N–H and O–H groups in total. The van der Waals surface area contributed by atoms with Crippen molar-refractivity contribution in [2.45, 2.75) is 24.4 Å². The summed E-state index contributed by atoms with van der Waals surface area (Å²) in [6.45, 7) is 0. The van der Waals surface area contributed by atoms with Crippen molar-refractivity contribution in [3.63, 3.8) is 0 Å². The SMILES string of the molecule is C1=Cc2c(n(C3=CC4c5cc(C6C=CC=CC6)ccc5OC4C=C3)c3ccc(-c4ccccc4-c4ccccn4)cc23)C=CC=1c1ccccc1-c1ccccn1. The van der Waals surface area contributed by atoms with Gasteiger partial charge in [-0.2, -0.15) is 0 Å². The molecule has 4 aromatic carbocycles. The molecule has 1 aliphatic heterocycles. The zero-order valence-corrected chi connectivity index (χ0v) is 31.2. The Morgan fingerprint density at radius 3 is 2.18 bits per heavy atom. The van der Waals surface area contributed by atoms with E-state index in [1.54, 1.807) is 0 Å². The normalized spacial score (nSPS) is 18.7. The Labute approximate surface area is 332 Å². The number of nitrogens with zero attached hydrogens (tertiary/aromatic N) is 3. The van der Waals surface area contributed by atoms with Gasteiger partial charge in [-0.25, -0.2) is 0 Å². The van der Waals surface area contributed by atoms with Gasteiger partial charge in [0.2, 0.25) is 0 Å². The Balaban J connectivity index is 1.08. The molecule has 4 heteroatoms. The molecule has 4 heterocycles. The van der Waals surface area contributed by atoms with Crippen LogP contribution in [-0.2, 0) is 0 Å². The first-order valence-corrected chi connectivity index (χ1v) is 19.7. The van der Waals surface area contributed by atoms with Crippen LogP contribution in [0, 0.1) is 0 Å². The van der Waals surface area contributed by atoms with E-state index in [4.69, 9.17) is 14.7 Å². The molecular weight excluding hydrogens is 695 g/mol. The molecule has 3 aromatic heterocycles. The van der Waals surface area contributed by atoms with Gasteiger partial charge >= 0.3 is 0 Å². The van der Waals surface area contributed by atoms with E-state index in [-0.39, 0.29) is 12.0 Å². The van der Waals surface area contributed by atoms with Crippen LogP contribution in [0.3, 0.4) is 0 Å². The number of hydrogen-bond donors (Lipinski definition) is 0. The van der Waals surface area contributed by atoms with Gasteiger partial charge < -0.3 is 9.30 Å². The lowest BCUT2D eigenvalue weighted by atomic mass is 9.86. The van der Waals surface area contributed by atoms with Gasteiger partial charge in [-0.1, -0.05) is 103 Å². The summed E-state index contributed by atoms with van der Waals surface area (Å²) < 4.78 is 8.97. The fourth-order valence-corrected chi connectivity index (χ4v) is 8.88. The molecule has 0 radical (unpaired) electrons. The third-order valence-electron chi connectivity index (χ3n) is 11.6. The highest BCUT2D eigenvalue weighted by atomic mass is 16.5. The minimum Gasteiger partial charge on any atom is -0.485 e. The van der Waals surface area contributed by atoms with Gasteiger partial charge in [-0.15, -0.1) is 5.73 Å². The third kappa shape index (κ3) is 5.78. The zero-order chi connectivity index (χ0) is 37.7. The van der Waals surface area contributed by atoms with Crippen molar-refractivity contribution >= 4 is 34.3 Å². The van der Waals surface area contributed by atoms with Crippen LogP contribution in [0.25, 0.3) is 68.0 Å². The van der Waals surface area contributed by atoms with Crippen molar-refractivity contribution in [3.8, 4) is 39.4 Å². The van der Waals surface area contributed by atoms with Crippen molar-refractivity contribution in [2.75, 3.05) is 0 Å². The van der Waals surface area contributed by atoms with Crippen LogP contribution in [0.15, 0.2) is 188 Å². The number of hydrogen-bond acceptors (Lipinski definition) is 3. The molecule has 0 spiro atoms. The van der Waals surface area contributed by atoms with Crippen LogP contribution >= 0.6 is 0 Å². The highest BCUT2D eigenvalue weighted by molar-refractivity contribution is 6.03. The number of fused-ring (bicyclic) bond motifs is 6. The summed E-state index contributed by atoms with van der Waals surface area (Å²) >= 11 is 0. The van der Waals surface area contributed by atoms with Crippen LogP contribution in [0.5, 0.6) is 5.75 Å². The van der Waals surface area contributed by atoms with Crippen molar-refractivity contribution in [2.24, 2.45) is 0 Å². The van der Waals surface area contributed by atoms with Crippen LogP contribution in [0.4, 0.5) is 0 Å². The molecule has 7 aromatic rings. The fourth-order valence-electron chi connectivity index (χ4n) is 8.88. The van der Waals surface area contributed by atoms with Crippen LogP contribution < -0.4 is 4.74 Å². The van der Waals surface area contributed by atoms with Gasteiger partial charge in [0.25, 0.3) is 0 Å². The largest absolute Gasteiger partial charge is 0.485 e. The summed E-state index contributed by atoms with van der Waals surface area (Å²) in [6.07, 6.45) is 27.1. The predicted octanol–water partition coefficient (Wildman–Crippen LogP) is 12.7. The maximum atomic E-state index is 6.55. The minimum absolute atomic E-state index is 0.0391. The molecule has 0 bridgehead atoms. The molecule has 3 unspecified atom stereocenters. The number of benzene rings is 4.